The molecule has 2 nitrogen and oxygen atoms in total. The summed E-state index contributed by atoms with van der Waals surface area (Å²) in [6.07, 6.45) is 2.39. The van der Waals surface area contributed by atoms with Crippen molar-refractivity contribution in [3.8, 4) is 5.75 Å². The Morgan fingerprint density at radius 2 is 2.20 bits per heavy atom. The van der Waals surface area contributed by atoms with Crippen LogP contribution in [0.5, 0.6) is 5.75 Å². The fourth-order valence-corrected chi connectivity index (χ4v) is 2.37. The van der Waals surface area contributed by atoms with E-state index in [0.717, 1.165) is 6.54 Å². The lowest BCUT2D eigenvalue weighted by molar-refractivity contribution is 0.182. The van der Waals surface area contributed by atoms with Crippen molar-refractivity contribution in [2.45, 2.75) is 31.7 Å². The molecule has 0 saturated carbocycles. The zero-order valence-corrected chi connectivity index (χ0v) is 9.48. The van der Waals surface area contributed by atoms with E-state index in [9.17, 15) is 5.11 Å². The summed E-state index contributed by atoms with van der Waals surface area (Å²) < 4.78 is 0. The van der Waals surface area contributed by atoms with Crippen molar-refractivity contribution in [2.75, 3.05) is 13.6 Å². The maximum absolute atomic E-state index is 9.45. The normalized spacial score (nSPS) is 27.9. The smallest absolute Gasteiger partial charge is 0.115 e. The molecule has 1 N–H and O–H groups in total. The van der Waals surface area contributed by atoms with Gasteiger partial charge in [-0.2, -0.15) is 0 Å². The minimum Gasteiger partial charge on any atom is -0.508 e. The molecule has 0 radical (unpaired) electrons. The van der Waals surface area contributed by atoms with Gasteiger partial charge in [-0.3, -0.25) is 0 Å². The Morgan fingerprint density at radius 3 is 2.87 bits per heavy atom. The Kier molecular flexibility index (Phi) is 2.96. The summed E-state index contributed by atoms with van der Waals surface area (Å²) in [5.74, 6) is 1.00. The van der Waals surface area contributed by atoms with E-state index in [1.54, 1.807) is 6.07 Å². The monoisotopic (exact) mass is 205 g/mol. The van der Waals surface area contributed by atoms with Crippen molar-refractivity contribution in [2.24, 2.45) is 0 Å². The summed E-state index contributed by atoms with van der Waals surface area (Å²) >= 11 is 0. The summed E-state index contributed by atoms with van der Waals surface area (Å²) in [5.41, 5.74) is 1.29. The van der Waals surface area contributed by atoms with E-state index >= 15 is 0 Å². The Labute approximate surface area is 91.5 Å². The molecule has 1 aromatic rings. The maximum atomic E-state index is 9.45. The molecular weight excluding hydrogens is 186 g/mol. The first-order chi connectivity index (χ1) is 7.16. The Bertz CT molecular complexity index is 337. The molecule has 82 valence electrons. The molecule has 0 amide bonds. The van der Waals surface area contributed by atoms with Crippen molar-refractivity contribution in [1.29, 1.82) is 0 Å². The van der Waals surface area contributed by atoms with E-state index in [4.69, 9.17) is 0 Å². The third-order valence-electron chi connectivity index (χ3n) is 3.55. The Balaban J connectivity index is 2.12. The molecule has 2 rings (SSSR count). The van der Waals surface area contributed by atoms with Crippen LogP contribution < -0.4 is 0 Å². The van der Waals surface area contributed by atoms with E-state index in [1.807, 2.05) is 12.1 Å². The molecule has 1 aliphatic rings. The van der Waals surface area contributed by atoms with Gasteiger partial charge in [0.2, 0.25) is 0 Å². The minimum atomic E-state index is 0.388. The highest BCUT2D eigenvalue weighted by Gasteiger charge is 2.23. The highest BCUT2D eigenvalue weighted by atomic mass is 16.3. The van der Waals surface area contributed by atoms with Gasteiger partial charge in [0, 0.05) is 6.04 Å². The fraction of sp³-hybridized carbons (Fsp3) is 0.538. The van der Waals surface area contributed by atoms with Gasteiger partial charge in [-0.1, -0.05) is 12.1 Å². The van der Waals surface area contributed by atoms with Crippen LogP contribution in [0.4, 0.5) is 0 Å². The predicted molar refractivity (Wildman–Crippen MR) is 62.2 cm³/mol. The molecule has 1 heterocycles. The molecular formula is C13H19NO. The molecule has 0 aromatic heterocycles. The highest BCUT2D eigenvalue weighted by Crippen LogP contribution is 2.31. The van der Waals surface area contributed by atoms with E-state index in [2.05, 4.69) is 24.9 Å². The van der Waals surface area contributed by atoms with Crippen molar-refractivity contribution in [1.82, 2.24) is 4.90 Å². The molecule has 1 fully saturated rings. The summed E-state index contributed by atoms with van der Waals surface area (Å²) in [7, 11) is 2.18. The third-order valence-corrected chi connectivity index (χ3v) is 3.55. The second kappa shape index (κ2) is 4.23. The number of nitrogens with zero attached hydrogens (tertiary/aromatic N) is 1. The van der Waals surface area contributed by atoms with Gasteiger partial charge in [0.05, 0.1) is 0 Å². The third kappa shape index (κ3) is 2.32. The summed E-state index contributed by atoms with van der Waals surface area (Å²) in [6.45, 7) is 3.43. The maximum Gasteiger partial charge on any atom is 0.115 e. The molecule has 2 atom stereocenters. The number of aromatic hydroxyl groups is 1. The van der Waals surface area contributed by atoms with Crippen LogP contribution in [0.3, 0.4) is 0 Å². The summed E-state index contributed by atoms with van der Waals surface area (Å²) in [6, 6.07) is 8.35. The van der Waals surface area contributed by atoms with E-state index in [1.165, 1.54) is 18.4 Å². The van der Waals surface area contributed by atoms with Crippen LogP contribution in [-0.4, -0.2) is 29.6 Å². The zero-order valence-electron chi connectivity index (χ0n) is 9.48. The standard InChI is InChI=1S/C13H19NO/c1-10-8-12(6-7-14(10)2)11-4-3-5-13(15)9-11/h3-5,9-10,12,15H,6-8H2,1-2H3/t10-,12-/m0/s1. The second-order valence-corrected chi connectivity index (χ2v) is 4.65. The molecule has 1 aliphatic heterocycles. The van der Waals surface area contributed by atoms with Crippen molar-refractivity contribution in [3.63, 3.8) is 0 Å². The van der Waals surface area contributed by atoms with Crippen molar-refractivity contribution >= 4 is 0 Å². The number of hydrogen-bond donors (Lipinski definition) is 1. The average Bonchev–Trinajstić information content (AvgIpc) is 2.22. The SMILES string of the molecule is C[C@H]1C[C@@H](c2cccc(O)c2)CCN1C. The van der Waals surface area contributed by atoms with Gasteiger partial charge in [0.1, 0.15) is 5.75 Å². The molecule has 0 bridgehead atoms. The molecule has 0 unspecified atom stereocenters. The number of hydrogen-bond acceptors (Lipinski definition) is 2. The van der Waals surface area contributed by atoms with Gasteiger partial charge in [0.25, 0.3) is 0 Å². The number of phenolic OH excluding ortho intramolecular Hbond substituents is 1. The number of piperidine rings is 1. The molecule has 1 aromatic carbocycles. The van der Waals surface area contributed by atoms with Crippen LogP contribution in [0.15, 0.2) is 24.3 Å². The second-order valence-electron chi connectivity index (χ2n) is 4.65. The Hall–Kier alpha value is -1.02. The average molecular weight is 205 g/mol. The van der Waals surface area contributed by atoms with Gasteiger partial charge in [-0.15, -0.1) is 0 Å². The quantitative estimate of drug-likeness (QED) is 0.761. The largest absolute Gasteiger partial charge is 0.508 e. The lowest BCUT2D eigenvalue weighted by Gasteiger charge is -2.35. The van der Waals surface area contributed by atoms with Crippen molar-refractivity contribution in [3.05, 3.63) is 29.8 Å². The number of benzene rings is 1. The molecule has 0 aliphatic carbocycles. The lowest BCUT2D eigenvalue weighted by Crippen LogP contribution is -2.36. The number of rotatable bonds is 1. The molecule has 15 heavy (non-hydrogen) atoms. The molecule has 0 spiro atoms. The van der Waals surface area contributed by atoms with Crippen LogP contribution in [0.1, 0.15) is 31.2 Å². The van der Waals surface area contributed by atoms with Gasteiger partial charge >= 0.3 is 0 Å². The number of likely N-dealkylation sites (tertiary alicyclic amines) is 1. The van der Waals surface area contributed by atoms with Crippen LogP contribution in [0, 0.1) is 0 Å². The summed E-state index contributed by atoms with van der Waals surface area (Å²) in [4.78, 5) is 2.40. The fourth-order valence-electron chi connectivity index (χ4n) is 2.37. The van der Waals surface area contributed by atoms with Gasteiger partial charge in [-0.25, -0.2) is 0 Å². The predicted octanol–water partition coefficient (Wildman–Crippen LogP) is 2.59. The van der Waals surface area contributed by atoms with Gasteiger partial charge < -0.3 is 10.0 Å². The topological polar surface area (TPSA) is 23.5 Å². The zero-order chi connectivity index (χ0) is 10.8. The first-order valence-corrected chi connectivity index (χ1v) is 5.66. The van der Waals surface area contributed by atoms with E-state index < -0.39 is 0 Å². The van der Waals surface area contributed by atoms with Crippen LogP contribution in [-0.2, 0) is 0 Å². The molecule has 2 heteroatoms. The Morgan fingerprint density at radius 1 is 1.40 bits per heavy atom. The van der Waals surface area contributed by atoms with E-state index in [-0.39, 0.29) is 0 Å². The number of phenols is 1. The molecule has 1 saturated heterocycles. The van der Waals surface area contributed by atoms with Gasteiger partial charge in [0.15, 0.2) is 0 Å². The van der Waals surface area contributed by atoms with Crippen LogP contribution in [0.2, 0.25) is 0 Å². The highest BCUT2D eigenvalue weighted by molar-refractivity contribution is 5.30. The summed E-state index contributed by atoms with van der Waals surface area (Å²) in [5, 5.41) is 9.45. The van der Waals surface area contributed by atoms with Crippen LogP contribution in [0.25, 0.3) is 0 Å². The minimum absolute atomic E-state index is 0.388. The van der Waals surface area contributed by atoms with Crippen molar-refractivity contribution < 1.29 is 5.11 Å². The lowest BCUT2D eigenvalue weighted by atomic mass is 9.86. The van der Waals surface area contributed by atoms with Gasteiger partial charge in [-0.05, 0) is 57.0 Å². The first kappa shape index (κ1) is 10.5. The van der Waals surface area contributed by atoms with E-state index in [0.29, 0.717) is 17.7 Å². The van der Waals surface area contributed by atoms with Crippen LogP contribution >= 0.6 is 0 Å². The first-order valence-electron chi connectivity index (χ1n) is 5.66.